The number of hydrogen-bond acceptors (Lipinski definition) is 6. The SMILES string of the molecule is Cc1cc(COC(=O)CCc2nc3ccccc3c(=O)[nH]2)nc(-c2ccccc2)n1. The van der Waals surface area contributed by atoms with Gasteiger partial charge in [0.1, 0.15) is 12.4 Å². The lowest BCUT2D eigenvalue weighted by atomic mass is 10.2. The molecule has 0 amide bonds. The smallest absolute Gasteiger partial charge is 0.306 e. The Morgan fingerprint density at radius 2 is 1.77 bits per heavy atom. The number of hydrogen-bond donors (Lipinski definition) is 1. The molecule has 7 nitrogen and oxygen atoms in total. The minimum absolute atomic E-state index is 0.0592. The maximum absolute atomic E-state index is 12.2. The van der Waals surface area contributed by atoms with Gasteiger partial charge < -0.3 is 9.72 Å². The maximum atomic E-state index is 12.2. The molecule has 0 spiro atoms. The van der Waals surface area contributed by atoms with Gasteiger partial charge in [-0.1, -0.05) is 42.5 Å². The van der Waals surface area contributed by atoms with Crippen molar-refractivity contribution in [2.75, 3.05) is 0 Å². The summed E-state index contributed by atoms with van der Waals surface area (Å²) in [5, 5.41) is 0.525. The number of para-hydroxylation sites is 1. The number of aryl methyl sites for hydroxylation is 2. The Labute approximate surface area is 172 Å². The number of nitrogens with one attached hydrogen (secondary N) is 1. The highest BCUT2D eigenvalue weighted by atomic mass is 16.5. The fraction of sp³-hybridized carbons (Fsp3) is 0.174. The lowest BCUT2D eigenvalue weighted by Gasteiger charge is -2.08. The third-order valence-corrected chi connectivity index (χ3v) is 4.55. The molecule has 0 atom stereocenters. The first kappa shape index (κ1) is 19.4. The van der Waals surface area contributed by atoms with Crippen LogP contribution in [0, 0.1) is 6.92 Å². The summed E-state index contributed by atoms with van der Waals surface area (Å²) in [6.45, 7) is 1.94. The lowest BCUT2D eigenvalue weighted by Crippen LogP contribution is -2.14. The quantitative estimate of drug-likeness (QED) is 0.499. The van der Waals surface area contributed by atoms with E-state index in [1.165, 1.54) is 0 Å². The van der Waals surface area contributed by atoms with E-state index in [4.69, 9.17) is 4.74 Å². The van der Waals surface area contributed by atoms with Gasteiger partial charge in [0.15, 0.2) is 5.82 Å². The van der Waals surface area contributed by atoms with Crippen molar-refractivity contribution in [1.29, 1.82) is 0 Å². The Hall–Kier alpha value is -3.87. The lowest BCUT2D eigenvalue weighted by molar-refractivity contribution is -0.145. The van der Waals surface area contributed by atoms with E-state index in [0.29, 0.717) is 28.2 Å². The van der Waals surface area contributed by atoms with Crippen LogP contribution in [0.5, 0.6) is 0 Å². The van der Waals surface area contributed by atoms with E-state index >= 15 is 0 Å². The third-order valence-electron chi connectivity index (χ3n) is 4.55. The van der Waals surface area contributed by atoms with Gasteiger partial charge in [0.25, 0.3) is 5.56 Å². The highest BCUT2D eigenvalue weighted by Gasteiger charge is 2.10. The van der Waals surface area contributed by atoms with Crippen LogP contribution < -0.4 is 5.56 Å². The number of nitrogens with zero attached hydrogens (tertiary/aromatic N) is 3. The molecule has 30 heavy (non-hydrogen) atoms. The molecular formula is C23H20N4O3. The molecule has 0 radical (unpaired) electrons. The molecule has 150 valence electrons. The molecule has 0 fully saturated rings. The van der Waals surface area contributed by atoms with Crippen LogP contribution >= 0.6 is 0 Å². The highest BCUT2D eigenvalue weighted by molar-refractivity contribution is 5.77. The summed E-state index contributed by atoms with van der Waals surface area (Å²) in [5.74, 6) is 0.669. The molecule has 0 bridgehead atoms. The summed E-state index contributed by atoms with van der Waals surface area (Å²) in [7, 11) is 0. The first-order valence-corrected chi connectivity index (χ1v) is 9.62. The van der Waals surface area contributed by atoms with Gasteiger partial charge in [-0.15, -0.1) is 0 Å². The first-order chi connectivity index (χ1) is 14.6. The summed E-state index contributed by atoms with van der Waals surface area (Å²) < 4.78 is 5.36. The summed E-state index contributed by atoms with van der Waals surface area (Å²) >= 11 is 0. The maximum Gasteiger partial charge on any atom is 0.306 e. The van der Waals surface area contributed by atoms with E-state index < -0.39 is 0 Å². The second-order valence-corrected chi connectivity index (χ2v) is 6.88. The van der Waals surface area contributed by atoms with Crippen molar-refractivity contribution < 1.29 is 9.53 Å². The van der Waals surface area contributed by atoms with Crippen molar-refractivity contribution in [3.8, 4) is 11.4 Å². The molecule has 7 heteroatoms. The summed E-state index contributed by atoms with van der Waals surface area (Å²) in [6, 6.07) is 18.5. The van der Waals surface area contributed by atoms with Crippen LogP contribution in [0.4, 0.5) is 0 Å². The topological polar surface area (TPSA) is 97.8 Å². The van der Waals surface area contributed by atoms with Gasteiger partial charge in [0.05, 0.1) is 23.0 Å². The average molecular weight is 400 g/mol. The molecule has 4 aromatic rings. The van der Waals surface area contributed by atoms with E-state index in [0.717, 1.165) is 11.3 Å². The van der Waals surface area contributed by atoms with Gasteiger partial charge in [0.2, 0.25) is 0 Å². The molecule has 0 aliphatic heterocycles. The van der Waals surface area contributed by atoms with Crippen LogP contribution in [-0.2, 0) is 22.6 Å². The number of H-pyrrole nitrogens is 1. The highest BCUT2D eigenvalue weighted by Crippen LogP contribution is 2.16. The molecule has 4 rings (SSSR count). The molecular weight excluding hydrogens is 380 g/mol. The van der Waals surface area contributed by atoms with Crippen molar-refractivity contribution in [2.24, 2.45) is 0 Å². The molecule has 0 aliphatic carbocycles. The first-order valence-electron chi connectivity index (χ1n) is 9.62. The number of aromatic nitrogens is 4. The zero-order chi connectivity index (χ0) is 20.9. The fourth-order valence-corrected chi connectivity index (χ4v) is 3.12. The molecule has 0 saturated heterocycles. The molecule has 2 aromatic carbocycles. The monoisotopic (exact) mass is 400 g/mol. The number of esters is 1. The van der Waals surface area contributed by atoms with Gasteiger partial charge in [-0.25, -0.2) is 15.0 Å². The third kappa shape index (κ3) is 4.57. The molecule has 0 saturated carbocycles. The van der Waals surface area contributed by atoms with E-state index in [2.05, 4.69) is 19.9 Å². The largest absolute Gasteiger partial charge is 0.459 e. The summed E-state index contributed by atoms with van der Waals surface area (Å²) in [4.78, 5) is 40.4. The van der Waals surface area contributed by atoms with Crippen LogP contribution in [0.25, 0.3) is 22.3 Å². The molecule has 2 heterocycles. The average Bonchev–Trinajstić information content (AvgIpc) is 2.76. The molecule has 2 aromatic heterocycles. The van der Waals surface area contributed by atoms with Crippen LogP contribution in [0.15, 0.2) is 65.5 Å². The second kappa shape index (κ2) is 8.65. The van der Waals surface area contributed by atoms with Crippen molar-refractivity contribution in [3.05, 3.63) is 88.2 Å². The number of rotatable bonds is 6. The number of aromatic amines is 1. The minimum atomic E-state index is -0.386. The molecule has 0 aliphatic rings. The van der Waals surface area contributed by atoms with Crippen LogP contribution in [0.2, 0.25) is 0 Å². The predicted molar refractivity (Wildman–Crippen MR) is 113 cm³/mol. The van der Waals surface area contributed by atoms with E-state index in [-0.39, 0.29) is 31.0 Å². The van der Waals surface area contributed by atoms with E-state index in [1.54, 1.807) is 24.3 Å². The normalized spacial score (nSPS) is 10.8. The van der Waals surface area contributed by atoms with E-state index in [1.807, 2.05) is 43.3 Å². The van der Waals surface area contributed by atoms with Crippen LogP contribution in [0.3, 0.4) is 0 Å². The second-order valence-electron chi connectivity index (χ2n) is 6.88. The molecule has 1 N–H and O–H groups in total. The predicted octanol–water partition coefficient (Wildman–Crippen LogP) is 3.36. The summed E-state index contributed by atoms with van der Waals surface area (Å²) in [5.41, 5.74) is 2.73. The van der Waals surface area contributed by atoms with Gasteiger partial charge in [0, 0.05) is 17.7 Å². The van der Waals surface area contributed by atoms with Crippen LogP contribution in [-0.4, -0.2) is 25.9 Å². The Morgan fingerprint density at radius 3 is 2.60 bits per heavy atom. The van der Waals surface area contributed by atoms with Crippen molar-refractivity contribution >= 4 is 16.9 Å². The van der Waals surface area contributed by atoms with Crippen molar-refractivity contribution in [3.63, 3.8) is 0 Å². The Morgan fingerprint density at radius 1 is 1.00 bits per heavy atom. The standard InChI is InChI=1S/C23H20N4O3/c1-15-13-17(25-22(24-15)16-7-3-2-4-8-16)14-30-21(28)12-11-20-26-19-10-6-5-9-18(19)23(29)27-20/h2-10,13H,11-12,14H2,1H3,(H,26,27,29). The number of carbonyl (C=O) groups is 1. The Balaban J connectivity index is 1.39. The Bertz CT molecular complexity index is 1250. The fourth-order valence-electron chi connectivity index (χ4n) is 3.12. The van der Waals surface area contributed by atoms with Gasteiger partial charge in [-0.05, 0) is 25.1 Å². The minimum Gasteiger partial charge on any atom is -0.459 e. The van der Waals surface area contributed by atoms with Crippen molar-refractivity contribution in [2.45, 2.75) is 26.4 Å². The Kier molecular flexibility index (Phi) is 5.61. The van der Waals surface area contributed by atoms with Crippen molar-refractivity contribution in [1.82, 2.24) is 19.9 Å². The number of benzene rings is 2. The van der Waals surface area contributed by atoms with Gasteiger partial charge >= 0.3 is 5.97 Å². The molecule has 0 unspecified atom stereocenters. The number of carbonyl (C=O) groups excluding carboxylic acids is 1. The zero-order valence-corrected chi connectivity index (χ0v) is 16.5. The van der Waals surface area contributed by atoms with E-state index in [9.17, 15) is 9.59 Å². The number of ether oxygens (including phenoxy) is 1. The van der Waals surface area contributed by atoms with Gasteiger partial charge in [-0.3, -0.25) is 9.59 Å². The summed E-state index contributed by atoms with van der Waals surface area (Å²) in [6.07, 6.45) is 0.397. The van der Waals surface area contributed by atoms with Gasteiger partial charge in [-0.2, -0.15) is 0 Å². The zero-order valence-electron chi connectivity index (χ0n) is 16.5. The van der Waals surface area contributed by atoms with Crippen LogP contribution in [0.1, 0.15) is 23.6 Å². The number of fused-ring (bicyclic) bond motifs is 1.